The smallest absolute Gasteiger partial charge is 0.135 e. The van der Waals surface area contributed by atoms with Crippen LogP contribution in [0.3, 0.4) is 0 Å². The Morgan fingerprint density at radius 2 is 1.95 bits per heavy atom. The Balaban J connectivity index is 1.68. The van der Waals surface area contributed by atoms with E-state index in [1.54, 1.807) is 6.26 Å². The zero-order valence-corrected chi connectivity index (χ0v) is 11.7. The highest BCUT2D eigenvalue weighted by Gasteiger charge is 2.01. The molecule has 21 heavy (non-hydrogen) atoms. The van der Waals surface area contributed by atoms with Gasteiger partial charge >= 0.3 is 0 Å². The molecule has 2 heterocycles. The molecular formula is C16H16N4O. The zero-order valence-electron chi connectivity index (χ0n) is 11.7. The van der Waals surface area contributed by atoms with Gasteiger partial charge in [-0.3, -0.25) is 0 Å². The molecule has 0 saturated carbocycles. The lowest BCUT2D eigenvalue weighted by molar-refractivity contribution is 0.518. The SMILES string of the molecule is Cc1cccc(Nc2cc(NCc3ccco3)ncn2)c1. The fourth-order valence-electron chi connectivity index (χ4n) is 1.98. The number of benzene rings is 1. The van der Waals surface area contributed by atoms with Crippen LogP contribution in [0.1, 0.15) is 11.3 Å². The first-order valence-corrected chi connectivity index (χ1v) is 6.71. The minimum absolute atomic E-state index is 0.591. The Kier molecular flexibility index (Phi) is 3.82. The molecule has 0 bridgehead atoms. The van der Waals surface area contributed by atoms with Crippen molar-refractivity contribution in [2.75, 3.05) is 10.6 Å². The Labute approximate surface area is 123 Å². The van der Waals surface area contributed by atoms with Crippen molar-refractivity contribution in [3.63, 3.8) is 0 Å². The van der Waals surface area contributed by atoms with Crippen LogP contribution < -0.4 is 10.6 Å². The van der Waals surface area contributed by atoms with E-state index in [9.17, 15) is 0 Å². The maximum Gasteiger partial charge on any atom is 0.135 e. The molecule has 0 atom stereocenters. The molecule has 0 amide bonds. The van der Waals surface area contributed by atoms with E-state index in [1.165, 1.54) is 11.9 Å². The number of anilines is 3. The quantitative estimate of drug-likeness (QED) is 0.745. The molecule has 5 heteroatoms. The van der Waals surface area contributed by atoms with Gasteiger partial charge in [-0.15, -0.1) is 0 Å². The lowest BCUT2D eigenvalue weighted by Gasteiger charge is -2.08. The van der Waals surface area contributed by atoms with Crippen molar-refractivity contribution in [3.8, 4) is 0 Å². The minimum atomic E-state index is 0.591. The van der Waals surface area contributed by atoms with Crippen molar-refractivity contribution < 1.29 is 4.42 Å². The van der Waals surface area contributed by atoms with Crippen molar-refractivity contribution in [3.05, 3.63) is 66.4 Å². The fraction of sp³-hybridized carbons (Fsp3) is 0.125. The molecule has 2 aromatic heterocycles. The van der Waals surface area contributed by atoms with Gasteiger partial charge in [-0.25, -0.2) is 9.97 Å². The normalized spacial score (nSPS) is 10.3. The van der Waals surface area contributed by atoms with Crippen LogP contribution in [0.5, 0.6) is 0 Å². The summed E-state index contributed by atoms with van der Waals surface area (Å²) in [4.78, 5) is 8.42. The van der Waals surface area contributed by atoms with Gasteiger partial charge in [0.2, 0.25) is 0 Å². The first-order chi connectivity index (χ1) is 10.3. The molecule has 0 fully saturated rings. The maximum absolute atomic E-state index is 5.27. The third-order valence-electron chi connectivity index (χ3n) is 2.98. The van der Waals surface area contributed by atoms with Crippen molar-refractivity contribution in [1.29, 1.82) is 0 Å². The van der Waals surface area contributed by atoms with Gasteiger partial charge in [-0.1, -0.05) is 12.1 Å². The highest BCUT2D eigenvalue weighted by Crippen LogP contribution is 2.17. The van der Waals surface area contributed by atoms with Crippen LogP contribution in [0.15, 0.2) is 59.5 Å². The summed E-state index contributed by atoms with van der Waals surface area (Å²) in [6.07, 6.45) is 3.18. The lowest BCUT2D eigenvalue weighted by atomic mass is 10.2. The second-order valence-electron chi connectivity index (χ2n) is 4.72. The highest BCUT2D eigenvalue weighted by molar-refractivity contribution is 5.59. The Morgan fingerprint density at radius 3 is 2.76 bits per heavy atom. The monoisotopic (exact) mass is 280 g/mol. The van der Waals surface area contributed by atoms with Gasteiger partial charge in [0.15, 0.2) is 0 Å². The molecule has 0 radical (unpaired) electrons. The largest absolute Gasteiger partial charge is 0.467 e. The number of hydrogen-bond donors (Lipinski definition) is 2. The number of nitrogens with one attached hydrogen (secondary N) is 2. The Bertz CT molecular complexity index is 710. The van der Waals surface area contributed by atoms with Gasteiger partial charge in [-0.05, 0) is 36.8 Å². The molecule has 0 aliphatic rings. The third-order valence-corrected chi connectivity index (χ3v) is 2.98. The molecule has 1 aromatic carbocycles. The first-order valence-electron chi connectivity index (χ1n) is 6.71. The summed E-state index contributed by atoms with van der Waals surface area (Å²) in [6, 6.07) is 13.8. The van der Waals surface area contributed by atoms with Crippen molar-refractivity contribution in [2.24, 2.45) is 0 Å². The molecule has 5 nitrogen and oxygen atoms in total. The summed E-state index contributed by atoms with van der Waals surface area (Å²) < 4.78 is 5.27. The predicted molar refractivity (Wildman–Crippen MR) is 82.5 cm³/mol. The van der Waals surface area contributed by atoms with Gasteiger partial charge in [0.05, 0.1) is 12.8 Å². The van der Waals surface area contributed by atoms with Crippen LogP contribution in [-0.2, 0) is 6.54 Å². The van der Waals surface area contributed by atoms with Crippen LogP contribution in [0.25, 0.3) is 0 Å². The van der Waals surface area contributed by atoms with E-state index < -0.39 is 0 Å². The molecule has 2 N–H and O–H groups in total. The van der Waals surface area contributed by atoms with Gasteiger partial charge in [0, 0.05) is 11.8 Å². The topological polar surface area (TPSA) is 63.0 Å². The van der Waals surface area contributed by atoms with Crippen molar-refractivity contribution in [2.45, 2.75) is 13.5 Å². The Morgan fingerprint density at radius 1 is 1.05 bits per heavy atom. The number of rotatable bonds is 5. The fourth-order valence-corrected chi connectivity index (χ4v) is 1.98. The maximum atomic E-state index is 5.27. The highest BCUT2D eigenvalue weighted by atomic mass is 16.3. The van der Waals surface area contributed by atoms with Gasteiger partial charge in [-0.2, -0.15) is 0 Å². The number of nitrogens with zero attached hydrogens (tertiary/aromatic N) is 2. The summed E-state index contributed by atoms with van der Waals surface area (Å²) in [6.45, 7) is 2.65. The van der Waals surface area contributed by atoms with Crippen LogP contribution in [0, 0.1) is 6.92 Å². The predicted octanol–water partition coefficient (Wildman–Crippen LogP) is 3.73. The molecule has 0 unspecified atom stereocenters. The van der Waals surface area contributed by atoms with E-state index in [2.05, 4.69) is 39.7 Å². The summed E-state index contributed by atoms with van der Waals surface area (Å²) >= 11 is 0. The average Bonchev–Trinajstić information content (AvgIpc) is 2.99. The van der Waals surface area contributed by atoms with E-state index in [1.807, 2.05) is 30.3 Å². The summed E-state index contributed by atoms with van der Waals surface area (Å²) in [7, 11) is 0. The Hall–Kier alpha value is -2.82. The van der Waals surface area contributed by atoms with Crippen LogP contribution >= 0.6 is 0 Å². The summed E-state index contributed by atoms with van der Waals surface area (Å²) in [5.41, 5.74) is 2.20. The number of hydrogen-bond acceptors (Lipinski definition) is 5. The zero-order chi connectivity index (χ0) is 14.5. The molecule has 106 valence electrons. The molecule has 0 aliphatic heterocycles. The standard InChI is InChI=1S/C16H16N4O/c1-12-4-2-5-13(8-12)20-16-9-15(18-11-19-16)17-10-14-6-3-7-21-14/h2-9,11H,10H2,1H3,(H2,17,18,19,20). The second-order valence-corrected chi connectivity index (χ2v) is 4.72. The van der Waals surface area contributed by atoms with Crippen molar-refractivity contribution >= 4 is 17.3 Å². The number of aromatic nitrogens is 2. The second kappa shape index (κ2) is 6.09. The molecule has 0 aliphatic carbocycles. The summed E-state index contributed by atoms with van der Waals surface area (Å²) in [5, 5.41) is 6.46. The lowest BCUT2D eigenvalue weighted by Crippen LogP contribution is -2.02. The van der Waals surface area contributed by atoms with E-state index in [-0.39, 0.29) is 0 Å². The molecule has 3 aromatic rings. The molecule has 0 saturated heterocycles. The number of aryl methyl sites for hydroxylation is 1. The van der Waals surface area contributed by atoms with Gasteiger partial charge < -0.3 is 15.1 Å². The van der Waals surface area contributed by atoms with E-state index in [4.69, 9.17) is 4.42 Å². The average molecular weight is 280 g/mol. The van der Waals surface area contributed by atoms with Crippen LogP contribution in [0.2, 0.25) is 0 Å². The molecular weight excluding hydrogens is 264 g/mol. The summed E-state index contributed by atoms with van der Waals surface area (Å²) in [5.74, 6) is 2.36. The molecule has 0 spiro atoms. The van der Waals surface area contributed by atoms with Gasteiger partial charge in [0.1, 0.15) is 23.7 Å². The first kappa shape index (κ1) is 13.2. The van der Waals surface area contributed by atoms with Gasteiger partial charge in [0.25, 0.3) is 0 Å². The van der Waals surface area contributed by atoms with E-state index >= 15 is 0 Å². The number of furan rings is 1. The molecule has 3 rings (SSSR count). The van der Waals surface area contributed by atoms with Crippen LogP contribution in [-0.4, -0.2) is 9.97 Å². The minimum Gasteiger partial charge on any atom is -0.467 e. The van der Waals surface area contributed by atoms with E-state index in [0.717, 1.165) is 23.1 Å². The van der Waals surface area contributed by atoms with Crippen molar-refractivity contribution in [1.82, 2.24) is 9.97 Å². The van der Waals surface area contributed by atoms with Crippen LogP contribution in [0.4, 0.5) is 17.3 Å². The third kappa shape index (κ3) is 3.60. The van der Waals surface area contributed by atoms with E-state index in [0.29, 0.717) is 6.54 Å².